The summed E-state index contributed by atoms with van der Waals surface area (Å²) in [5.41, 5.74) is 1.86. The zero-order valence-electron chi connectivity index (χ0n) is 14.3. The number of carbonyl (C=O) groups excluding carboxylic acids is 1. The normalized spacial score (nSPS) is 12.6. The molecule has 0 aliphatic heterocycles. The summed E-state index contributed by atoms with van der Waals surface area (Å²) in [6.07, 6.45) is 0.693. The molecule has 0 aliphatic rings. The van der Waals surface area contributed by atoms with Crippen molar-refractivity contribution in [1.29, 1.82) is 0 Å². The lowest BCUT2D eigenvalue weighted by Crippen LogP contribution is -2.32. The van der Waals surface area contributed by atoms with Gasteiger partial charge in [-0.1, -0.05) is 24.6 Å². The fourth-order valence-electron chi connectivity index (χ4n) is 2.08. The van der Waals surface area contributed by atoms with E-state index >= 15 is 0 Å². The molecule has 0 spiro atoms. The summed E-state index contributed by atoms with van der Waals surface area (Å²) in [5, 5.41) is 3.30. The lowest BCUT2D eigenvalue weighted by molar-refractivity contribution is 0.102. The van der Waals surface area contributed by atoms with Crippen molar-refractivity contribution in [3.05, 3.63) is 58.6 Å². The maximum Gasteiger partial charge on any atom is 0.255 e. The van der Waals surface area contributed by atoms with Gasteiger partial charge in [0.2, 0.25) is 10.0 Å². The van der Waals surface area contributed by atoms with Gasteiger partial charge in [0, 0.05) is 22.3 Å². The molecule has 1 atom stereocenters. The highest BCUT2D eigenvalue weighted by Crippen LogP contribution is 2.21. The molecule has 25 heavy (non-hydrogen) atoms. The van der Waals surface area contributed by atoms with E-state index in [1.54, 1.807) is 19.1 Å². The van der Waals surface area contributed by atoms with Gasteiger partial charge in [-0.25, -0.2) is 13.1 Å². The lowest BCUT2D eigenvalue weighted by atomic mass is 10.2. The number of nitrogens with one attached hydrogen (secondary N) is 2. The molecule has 1 amide bonds. The summed E-state index contributed by atoms with van der Waals surface area (Å²) in [4.78, 5) is 12.4. The highest BCUT2D eigenvalue weighted by molar-refractivity contribution is 7.89. The van der Waals surface area contributed by atoms with E-state index in [0.717, 1.165) is 5.56 Å². The molecule has 0 bridgehead atoms. The molecule has 0 aromatic heterocycles. The van der Waals surface area contributed by atoms with Crippen LogP contribution < -0.4 is 10.0 Å². The SMILES string of the molecule is CC[C@H](C)NS(=O)(=O)c1ccc(C(=O)Nc2ccc(C)c(Cl)c2)cc1. The van der Waals surface area contributed by atoms with Gasteiger partial charge < -0.3 is 5.32 Å². The van der Waals surface area contributed by atoms with Gasteiger partial charge in [-0.05, 0) is 62.2 Å². The minimum absolute atomic E-state index is 0.128. The number of rotatable bonds is 6. The van der Waals surface area contributed by atoms with E-state index in [4.69, 9.17) is 11.6 Å². The lowest BCUT2D eigenvalue weighted by Gasteiger charge is -2.12. The number of anilines is 1. The first-order valence-electron chi connectivity index (χ1n) is 7.93. The van der Waals surface area contributed by atoms with Crippen LogP contribution in [-0.4, -0.2) is 20.4 Å². The van der Waals surface area contributed by atoms with Crippen molar-refractivity contribution in [2.75, 3.05) is 5.32 Å². The maximum absolute atomic E-state index is 12.3. The second-order valence-corrected chi connectivity index (χ2v) is 7.99. The Morgan fingerprint density at radius 1 is 1.16 bits per heavy atom. The first-order valence-corrected chi connectivity index (χ1v) is 9.79. The predicted octanol–water partition coefficient (Wildman–Crippen LogP) is 3.98. The first-order chi connectivity index (χ1) is 11.7. The van der Waals surface area contributed by atoms with Crippen molar-refractivity contribution >= 4 is 33.2 Å². The van der Waals surface area contributed by atoms with E-state index < -0.39 is 10.0 Å². The summed E-state index contributed by atoms with van der Waals surface area (Å²) in [6.45, 7) is 5.57. The summed E-state index contributed by atoms with van der Waals surface area (Å²) in [6, 6.07) is 10.9. The van der Waals surface area contributed by atoms with Crippen LogP contribution >= 0.6 is 11.6 Å². The summed E-state index contributed by atoms with van der Waals surface area (Å²) in [5.74, 6) is -0.334. The number of hydrogen-bond donors (Lipinski definition) is 2. The number of hydrogen-bond acceptors (Lipinski definition) is 3. The molecule has 0 saturated carbocycles. The quantitative estimate of drug-likeness (QED) is 0.795. The number of aryl methyl sites for hydroxylation is 1. The van der Waals surface area contributed by atoms with Gasteiger partial charge in [0.1, 0.15) is 0 Å². The molecule has 7 heteroatoms. The monoisotopic (exact) mass is 380 g/mol. The van der Waals surface area contributed by atoms with Crippen LogP contribution in [-0.2, 0) is 10.0 Å². The topological polar surface area (TPSA) is 75.3 Å². The molecule has 0 aliphatic carbocycles. The van der Waals surface area contributed by atoms with Crippen molar-refractivity contribution in [2.45, 2.75) is 38.1 Å². The Hall–Kier alpha value is -1.89. The van der Waals surface area contributed by atoms with Gasteiger partial charge in [0.05, 0.1) is 4.90 Å². The molecule has 2 N–H and O–H groups in total. The van der Waals surface area contributed by atoms with Crippen LogP contribution in [0.1, 0.15) is 36.2 Å². The molecule has 0 fully saturated rings. The molecule has 5 nitrogen and oxygen atoms in total. The molecular formula is C18H21ClN2O3S. The van der Waals surface area contributed by atoms with E-state index in [1.807, 2.05) is 19.9 Å². The van der Waals surface area contributed by atoms with Gasteiger partial charge in [-0.15, -0.1) is 0 Å². The molecule has 0 radical (unpaired) electrons. The highest BCUT2D eigenvalue weighted by atomic mass is 35.5. The average Bonchev–Trinajstić information content (AvgIpc) is 2.57. The van der Waals surface area contributed by atoms with Crippen LogP contribution in [0.4, 0.5) is 5.69 Å². The summed E-state index contributed by atoms with van der Waals surface area (Å²) >= 11 is 6.04. The molecule has 0 saturated heterocycles. The van der Waals surface area contributed by atoms with Crippen molar-refractivity contribution in [3.8, 4) is 0 Å². The highest BCUT2D eigenvalue weighted by Gasteiger charge is 2.17. The van der Waals surface area contributed by atoms with Gasteiger partial charge in [0.15, 0.2) is 0 Å². The fourth-order valence-corrected chi connectivity index (χ4v) is 3.58. The number of halogens is 1. The fraction of sp³-hybridized carbons (Fsp3) is 0.278. The molecule has 2 rings (SSSR count). The van der Waals surface area contributed by atoms with Gasteiger partial charge in [-0.2, -0.15) is 0 Å². The van der Waals surface area contributed by atoms with E-state index in [-0.39, 0.29) is 16.8 Å². The summed E-state index contributed by atoms with van der Waals surface area (Å²) in [7, 11) is -3.58. The first kappa shape index (κ1) is 19.4. The second-order valence-electron chi connectivity index (χ2n) is 5.87. The number of benzene rings is 2. The molecule has 0 unspecified atom stereocenters. The van der Waals surface area contributed by atoms with Gasteiger partial charge in [0.25, 0.3) is 5.91 Å². The Labute approximate surface area is 153 Å². The number of carbonyl (C=O) groups is 1. The Balaban J connectivity index is 2.13. The maximum atomic E-state index is 12.3. The van der Waals surface area contributed by atoms with Crippen LogP contribution in [0.2, 0.25) is 5.02 Å². The van der Waals surface area contributed by atoms with Crippen molar-refractivity contribution in [3.63, 3.8) is 0 Å². The van der Waals surface area contributed by atoms with Crippen LogP contribution in [0.15, 0.2) is 47.4 Å². The predicted molar refractivity (Wildman–Crippen MR) is 101 cm³/mol. The average molecular weight is 381 g/mol. The Morgan fingerprint density at radius 2 is 1.80 bits per heavy atom. The number of amides is 1. The van der Waals surface area contributed by atoms with Gasteiger partial charge in [-0.3, -0.25) is 4.79 Å². The van der Waals surface area contributed by atoms with E-state index in [2.05, 4.69) is 10.0 Å². The standard InChI is InChI=1S/C18H21ClN2O3S/c1-4-13(3)21-25(23,24)16-9-6-14(7-10-16)18(22)20-15-8-5-12(2)17(19)11-15/h5-11,13,21H,4H2,1-3H3,(H,20,22)/t13-/m0/s1. The summed E-state index contributed by atoms with van der Waals surface area (Å²) < 4.78 is 27.0. The third-order valence-corrected chi connectivity index (χ3v) is 5.84. The molecule has 2 aromatic rings. The minimum Gasteiger partial charge on any atom is -0.322 e. The Kier molecular flexibility index (Phi) is 6.21. The third kappa shape index (κ3) is 5.04. The van der Waals surface area contributed by atoms with Crippen molar-refractivity contribution < 1.29 is 13.2 Å². The van der Waals surface area contributed by atoms with Crippen LogP contribution in [0.3, 0.4) is 0 Å². The molecule has 134 valence electrons. The van der Waals surface area contributed by atoms with Crippen LogP contribution in [0.25, 0.3) is 0 Å². The molecule has 2 aromatic carbocycles. The second kappa shape index (κ2) is 7.99. The zero-order valence-corrected chi connectivity index (χ0v) is 15.9. The van der Waals surface area contributed by atoms with Gasteiger partial charge >= 0.3 is 0 Å². The van der Waals surface area contributed by atoms with Crippen LogP contribution in [0, 0.1) is 6.92 Å². The Bertz CT molecular complexity index is 864. The largest absolute Gasteiger partial charge is 0.322 e. The third-order valence-electron chi connectivity index (χ3n) is 3.83. The smallest absolute Gasteiger partial charge is 0.255 e. The van der Waals surface area contributed by atoms with Crippen molar-refractivity contribution in [2.24, 2.45) is 0 Å². The molecule has 0 heterocycles. The van der Waals surface area contributed by atoms with E-state index in [9.17, 15) is 13.2 Å². The van der Waals surface area contributed by atoms with Crippen LogP contribution in [0.5, 0.6) is 0 Å². The zero-order chi connectivity index (χ0) is 18.6. The van der Waals surface area contributed by atoms with Crippen molar-refractivity contribution in [1.82, 2.24) is 4.72 Å². The number of sulfonamides is 1. The minimum atomic E-state index is -3.58. The van der Waals surface area contributed by atoms with E-state index in [1.165, 1.54) is 24.3 Å². The van der Waals surface area contributed by atoms with E-state index in [0.29, 0.717) is 22.7 Å². The molecular weight excluding hydrogens is 360 g/mol. The Morgan fingerprint density at radius 3 is 2.36 bits per heavy atom.